The molecule has 0 radical (unpaired) electrons. The number of halogens is 2. The second-order valence-electron chi connectivity index (χ2n) is 3.25. The van der Waals surface area contributed by atoms with Gasteiger partial charge in [-0.3, -0.25) is 9.59 Å². The predicted molar refractivity (Wildman–Crippen MR) is 70.4 cm³/mol. The largest absolute Gasteiger partial charge is 0.464 e. The lowest BCUT2D eigenvalue weighted by Crippen LogP contribution is -2.06. The normalized spacial score (nSPS) is 15.1. The van der Waals surface area contributed by atoms with Gasteiger partial charge in [0.05, 0.1) is 12.3 Å². The molecule has 92 valence electrons. The maximum absolute atomic E-state index is 10.8. The number of fused-ring (bicyclic) bond motifs is 2. The van der Waals surface area contributed by atoms with Crippen LogP contribution in [0.2, 0.25) is 0 Å². The summed E-state index contributed by atoms with van der Waals surface area (Å²) in [4.78, 5) is 21.3. The Morgan fingerprint density at radius 1 is 1.29 bits per heavy atom. The molecular weight excluding hydrogens is 307 g/mol. The molecule has 2 aliphatic rings. The molecule has 0 N–H and O–H groups in total. The first-order valence-corrected chi connectivity index (χ1v) is 6.77. The van der Waals surface area contributed by atoms with Crippen molar-refractivity contribution in [2.75, 3.05) is 17.8 Å². The molecule has 2 rings (SSSR count). The van der Waals surface area contributed by atoms with Crippen molar-refractivity contribution in [1.82, 2.24) is 0 Å². The number of esters is 1. The Hall–Kier alpha value is -0.870. The highest BCUT2D eigenvalue weighted by molar-refractivity contribution is 9.09. The number of hydrogen-bond acceptors (Lipinski definition) is 3. The SMILES string of the molecule is O=C(CCBr)OCCCl.O=C1C2=CC=C1C=C2. The van der Waals surface area contributed by atoms with Crippen molar-refractivity contribution in [3.63, 3.8) is 0 Å². The number of Topliss-reactive ketones (excluding diaryl/α,β-unsaturated/α-hetero) is 1. The molecule has 0 aromatic rings. The van der Waals surface area contributed by atoms with Gasteiger partial charge in [-0.2, -0.15) is 0 Å². The second-order valence-corrected chi connectivity index (χ2v) is 4.43. The summed E-state index contributed by atoms with van der Waals surface area (Å²) < 4.78 is 4.63. The zero-order valence-electron chi connectivity index (χ0n) is 9.12. The lowest BCUT2D eigenvalue weighted by Gasteiger charge is -1.97. The van der Waals surface area contributed by atoms with Crippen LogP contribution in [0.3, 0.4) is 0 Å². The highest BCUT2D eigenvalue weighted by atomic mass is 79.9. The van der Waals surface area contributed by atoms with Crippen LogP contribution >= 0.6 is 27.5 Å². The van der Waals surface area contributed by atoms with Crippen molar-refractivity contribution >= 4 is 39.3 Å². The molecule has 3 nitrogen and oxygen atoms in total. The summed E-state index contributed by atoms with van der Waals surface area (Å²) in [5, 5.41) is 0.647. The van der Waals surface area contributed by atoms with Gasteiger partial charge in [0.25, 0.3) is 0 Å². The minimum absolute atomic E-state index is 0.185. The van der Waals surface area contributed by atoms with Crippen LogP contribution in [-0.2, 0) is 14.3 Å². The Balaban J connectivity index is 0.000000170. The summed E-state index contributed by atoms with van der Waals surface area (Å²) in [5.74, 6) is 0.353. The van der Waals surface area contributed by atoms with Crippen LogP contribution in [0.25, 0.3) is 0 Å². The first kappa shape index (κ1) is 14.2. The maximum Gasteiger partial charge on any atom is 0.306 e. The summed E-state index contributed by atoms with van der Waals surface area (Å²) in [5.41, 5.74) is 1.67. The molecule has 0 aromatic carbocycles. The number of carbonyl (C=O) groups is 2. The number of allylic oxidation sites excluding steroid dienone is 6. The van der Waals surface area contributed by atoms with Gasteiger partial charge < -0.3 is 4.74 Å². The average Bonchev–Trinajstić information content (AvgIpc) is 2.86. The van der Waals surface area contributed by atoms with E-state index < -0.39 is 0 Å². The topological polar surface area (TPSA) is 43.4 Å². The number of ether oxygens (including phenoxy) is 1. The van der Waals surface area contributed by atoms with E-state index in [1.807, 2.05) is 24.3 Å². The molecule has 0 aromatic heterocycles. The predicted octanol–water partition coefficient (Wildman–Crippen LogP) is 2.55. The van der Waals surface area contributed by atoms with Crippen molar-refractivity contribution in [2.24, 2.45) is 0 Å². The highest BCUT2D eigenvalue weighted by Gasteiger charge is 2.19. The van der Waals surface area contributed by atoms with Gasteiger partial charge in [0.1, 0.15) is 6.61 Å². The Labute approximate surface area is 113 Å². The number of ketones is 1. The van der Waals surface area contributed by atoms with E-state index in [9.17, 15) is 9.59 Å². The fourth-order valence-corrected chi connectivity index (χ4v) is 1.64. The quantitative estimate of drug-likeness (QED) is 0.591. The Bertz CT molecular complexity index is 373. The molecule has 0 aliphatic heterocycles. The zero-order valence-corrected chi connectivity index (χ0v) is 11.5. The van der Waals surface area contributed by atoms with Crippen molar-refractivity contribution in [3.05, 3.63) is 35.5 Å². The lowest BCUT2D eigenvalue weighted by atomic mass is 10.2. The van der Waals surface area contributed by atoms with E-state index in [2.05, 4.69) is 20.7 Å². The Morgan fingerprint density at radius 3 is 2.18 bits per heavy atom. The molecule has 0 atom stereocenters. The molecule has 2 aliphatic carbocycles. The molecule has 0 unspecified atom stereocenters. The molecule has 5 heteroatoms. The molecule has 0 saturated carbocycles. The summed E-state index contributed by atoms with van der Waals surface area (Å²) >= 11 is 8.36. The van der Waals surface area contributed by atoms with Gasteiger partial charge in [-0.15, -0.1) is 11.6 Å². The first-order chi connectivity index (χ1) is 8.19. The highest BCUT2D eigenvalue weighted by Crippen LogP contribution is 2.23. The van der Waals surface area contributed by atoms with Gasteiger partial charge in [0.2, 0.25) is 0 Å². The molecule has 0 heterocycles. The maximum atomic E-state index is 10.8. The van der Waals surface area contributed by atoms with Crippen molar-refractivity contribution in [3.8, 4) is 0 Å². The third-order valence-corrected chi connectivity index (χ3v) is 2.60. The van der Waals surface area contributed by atoms with E-state index in [1.54, 1.807) is 0 Å². The van der Waals surface area contributed by atoms with Gasteiger partial charge in [0, 0.05) is 16.5 Å². The molecule has 0 fully saturated rings. The van der Waals surface area contributed by atoms with E-state index in [1.165, 1.54) is 0 Å². The van der Waals surface area contributed by atoms with Gasteiger partial charge in [-0.25, -0.2) is 0 Å². The van der Waals surface area contributed by atoms with Crippen LogP contribution in [0.15, 0.2) is 35.5 Å². The van der Waals surface area contributed by atoms with Crippen LogP contribution in [0, 0.1) is 0 Å². The van der Waals surface area contributed by atoms with Crippen LogP contribution in [0.4, 0.5) is 0 Å². The second kappa shape index (κ2) is 7.45. The van der Waals surface area contributed by atoms with Gasteiger partial charge in [-0.1, -0.05) is 40.2 Å². The fraction of sp³-hybridized carbons (Fsp3) is 0.333. The monoisotopic (exact) mass is 318 g/mol. The minimum atomic E-state index is -0.201. The van der Waals surface area contributed by atoms with Crippen LogP contribution in [0.5, 0.6) is 0 Å². The van der Waals surface area contributed by atoms with Gasteiger partial charge in [-0.05, 0) is 0 Å². The summed E-state index contributed by atoms with van der Waals surface area (Å²) in [6.07, 6.45) is 7.79. The molecule has 2 bridgehead atoms. The summed E-state index contributed by atoms with van der Waals surface area (Å²) in [6.45, 7) is 0.313. The number of rotatable bonds is 4. The number of hydrogen-bond donors (Lipinski definition) is 0. The molecule has 0 saturated heterocycles. The molecule has 0 amide bonds. The van der Waals surface area contributed by atoms with E-state index in [0.29, 0.717) is 24.2 Å². The third-order valence-electron chi connectivity index (χ3n) is 2.05. The number of carbonyl (C=O) groups excluding carboxylic acids is 2. The van der Waals surface area contributed by atoms with E-state index in [0.717, 1.165) is 11.1 Å². The van der Waals surface area contributed by atoms with Gasteiger partial charge in [0.15, 0.2) is 5.78 Å². The average molecular weight is 320 g/mol. The Morgan fingerprint density at radius 2 is 1.88 bits per heavy atom. The standard InChI is InChI=1S/C7H4O.C5H8BrClO2/c8-7-5-1-2-6(7)4-3-5;6-2-1-5(8)9-4-3-7/h1-4H;1-4H2. The number of alkyl halides is 2. The lowest BCUT2D eigenvalue weighted by molar-refractivity contribution is -0.142. The van der Waals surface area contributed by atoms with Crippen molar-refractivity contribution in [1.29, 1.82) is 0 Å². The Kier molecular flexibility index (Phi) is 6.22. The van der Waals surface area contributed by atoms with E-state index in [4.69, 9.17) is 11.6 Å². The smallest absolute Gasteiger partial charge is 0.306 e. The van der Waals surface area contributed by atoms with Crippen molar-refractivity contribution in [2.45, 2.75) is 6.42 Å². The zero-order chi connectivity index (χ0) is 12.7. The molecule has 17 heavy (non-hydrogen) atoms. The molecular formula is C12H12BrClO3. The van der Waals surface area contributed by atoms with Crippen LogP contribution in [-0.4, -0.2) is 29.6 Å². The summed E-state index contributed by atoms with van der Waals surface area (Å²) in [7, 11) is 0. The van der Waals surface area contributed by atoms with Crippen LogP contribution in [0.1, 0.15) is 6.42 Å². The fourth-order valence-electron chi connectivity index (χ4n) is 1.24. The van der Waals surface area contributed by atoms with E-state index >= 15 is 0 Å². The molecule has 0 spiro atoms. The first-order valence-electron chi connectivity index (χ1n) is 5.11. The van der Waals surface area contributed by atoms with Crippen LogP contribution < -0.4 is 0 Å². The van der Waals surface area contributed by atoms with Crippen molar-refractivity contribution < 1.29 is 14.3 Å². The van der Waals surface area contributed by atoms with E-state index in [-0.39, 0.29) is 11.8 Å². The van der Waals surface area contributed by atoms with Gasteiger partial charge >= 0.3 is 5.97 Å². The third kappa shape index (κ3) is 4.48. The minimum Gasteiger partial charge on any atom is -0.464 e. The summed E-state index contributed by atoms with van der Waals surface area (Å²) in [6, 6.07) is 0.